The summed E-state index contributed by atoms with van der Waals surface area (Å²) >= 11 is 1.85. The first-order chi connectivity index (χ1) is 5.27. The number of aryl methyl sites for hydroxylation is 1. The van der Waals surface area contributed by atoms with Crippen molar-refractivity contribution in [3.8, 4) is 0 Å². The van der Waals surface area contributed by atoms with Crippen LogP contribution in [-0.4, -0.2) is 11.5 Å². The van der Waals surface area contributed by atoms with Crippen LogP contribution in [0.25, 0.3) is 0 Å². The molecule has 1 unspecified atom stereocenters. The van der Waals surface area contributed by atoms with E-state index in [0.717, 1.165) is 13.1 Å². The zero-order valence-corrected chi connectivity index (χ0v) is 7.66. The van der Waals surface area contributed by atoms with Crippen molar-refractivity contribution in [1.29, 1.82) is 0 Å². The van der Waals surface area contributed by atoms with Gasteiger partial charge in [0.2, 0.25) is 0 Å². The predicted molar refractivity (Wildman–Crippen MR) is 47.0 cm³/mol. The van der Waals surface area contributed by atoms with Crippen molar-refractivity contribution in [2.24, 2.45) is 0 Å². The molecule has 0 aliphatic carbocycles. The van der Waals surface area contributed by atoms with E-state index in [1.807, 2.05) is 11.3 Å². The van der Waals surface area contributed by atoms with Crippen molar-refractivity contribution >= 4 is 11.3 Å². The Morgan fingerprint density at radius 1 is 1.64 bits per heavy atom. The zero-order valence-electron chi connectivity index (χ0n) is 6.85. The van der Waals surface area contributed by atoms with E-state index in [1.54, 1.807) is 0 Å². The first-order valence-corrected chi connectivity index (χ1v) is 4.76. The van der Waals surface area contributed by atoms with Gasteiger partial charge in [0.15, 0.2) is 0 Å². The van der Waals surface area contributed by atoms with Crippen molar-refractivity contribution in [1.82, 2.24) is 10.3 Å². The molecule has 0 fully saturated rings. The quantitative estimate of drug-likeness (QED) is 0.637. The molecule has 2 nitrogen and oxygen atoms in total. The molecule has 1 aromatic heterocycles. The SMILES string of the molecule is Cc1nc2c(s1)C(C)CNC2. The molecule has 3 heteroatoms. The lowest BCUT2D eigenvalue weighted by Crippen LogP contribution is -2.25. The van der Waals surface area contributed by atoms with Gasteiger partial charge in [-0.15, -0.1) is 11.3 Å². The molecule has 1 aromatic rings. The highest BCUT2D eigenvalue weighted by molar-refractivity contribution is 7.11. The molecule has 1 N–H and O–H groups in total. The highest BCUT2D eigenvalue weighted by Gasteiger charge is 2.19. The smallest absolute Gasteiger partial charge is 0.0900 e. The number of fused-ring (bicyclic) bond motifs is 1. The van der Waals surface area contributed by atoms with Crippen LogP contribution in [0.3, 0.4) is 0 Å². The van der Waals surface area contributed by atoms with Crippen LogP contribution < -0.4 is 5.32 Å². The van der Waals surface area contributed by atoms with Crippen molar-refractivity contribution in [3.63, 3.8) is 0 Å². The van der Waals surface area contributed by atoms with E-state index in [-0.39, 0.29) is 0 Å². The molecule has 1 aliphatic rings. The van der Waals surface area contributed by atoms with Crippen LogP contribution in [0.15, 0.2) is 0 Å². The van der Waals surface area contributed by atoms with Crippen molar-refractivity contribution < 1.29 is 0 Å². The molecular formula is C8H12N2S. The molecule has 0 spiro atoms. The summed E-state index contributed by atoms with van der Waals surface area (Å²) in [5.41, 5.74) is 1.27. The Bertz CT molecular complexity index is 267. The normalized spacial score (nSPS) is 23.3. The van der Waals surface area contributed by atoms with Crippen molar-refractivity contribution in [3.05, 3.63) is 15.6 Å². The van der Waals surface area contributed by atoms with Gasteiger partial charge in [0.05, 0.1) is 10.7 Å². The minimum Gasteiger partial charge on any atom is -0.311 e. The minimum atomic E-state index is 0.657. The van der Waals surface area contributed by atoms with E-state index in [4.69, 9.17) is 0 Å². The summed E-state index contributed by atoms with van der Waals surface area (Å²) in [6, 6.07) is 0. The monoisotopic (exact) mass is 168 g/mol. The highest BCUT2D eigenvalue weighted by Crippen LogP contribution is 2.28. The maximum Gasteiger partial charge on any atom is 0.0900 e. The van der Waals surface area contributed by atoms with Gasteiger partial charge >= 0.3 is 0 Å². The average molecular weight is 168 g/mol. The molecule has 0 saturated carbocycles. The largest absolute Gasteiger partial charge is 0.311 e. The number of nitrogens with one attached hydrogen (secondary N) is 1. The molecule has 0 amide bonds. The summed E-state index contributed by atoms with van der Waals surface area (Å²) in [7, 11) is 0. The number of nitrogens with zero attached hydrogens (tertiary/aromatic N) is 1. The van der Waals surface area contributed by atoms with E-state index in [1.165, 1.54) is 15.6 Å². The van der Waals surface area contributed by atoms with Crippen LogP contribution >= 0.6 is 11.3 Å². The van der Waals surface area contributed by atoms with Gasteiger partial charge in [-0.2, -0.15) is 0 Å². The van der Waals surface area contributed by atoms with Crippen LogP contribution in [0.1, 0.15) is 28.4 Å². The third kappa shape index (κ3) is 1.19. The number of rotatable bonds is 0. The van der Waals surface area contributed by atoms with Crippen LogP contribution in [0, 0.1) is 6.92 Å². The Morgan fingerprint density at radius 3 is 3.18 bits per heavy atom. The van der Waals surface area contributed by atoms with Gasteiger partial charge in [0.25, 0.3) is 0 Å². The maximum atomic E-state index is 4.46. The third-order valence-electron chi connectivity index (χ3n) is 2.03. The van der Waals surface area contributed by atoms with Crippen LogP contribution in [0.5, 0.6) is 0 Å². The molecule has 1 atom stereocenters. The van der Waals surface area contributed by atoms with E-state index in [0.29, 0.717) is 5.92 Å². The summed E-state index contributed by atoms with van der Waals surface area (Å²) in [6.07, 6.45) is 0. The lowest BCUT2D eigenvalue weighted by atomic mass is 10.1. The summed E-state index contributed by atoms with van der Waals surface area (Å²) < 4.78 is 0. The van der Waals surface area contributed by atoms with E-state index in [2.05, 4.69) is 24.1 Å². The second kappa shape index (κ2) is 2.57. The number of hydrogen-bond donors (Lipinski definition) is 1. The van der Waals surface area contributed by atoms with Gasteiger partial charge in [-0.3, -0.25) is 0 Å². The zero-order chi connectivity index (χ0) is 7.84. The topological polar surface area (TPSA) is 24.9 Å². The molecule has 1 aliphatic heterocycles. The van der Waals surface area contributed by atoms with Gasteiger partial charge < -0.3 is 5.32 Å². The van der Waals surface area contributed by atoms with E-state index >= 15 is 0 Å². The fourth-order valence-corrected chi connectivity index (χ4v) is 2.49. The molecule has 60 valence electrons. The Morgan fingerprint density at radius 2 is 2.45 bits per heavy atom. The molecule has 0 aromatic carbocycles. The standard InChI is InChI=1S/C8H12N2S/c1-5-3-9-4-7-8(5)11-6(2)10-7/h5,9H,3-4H2,1-2H3. The Hall–Kier alpha value is -0.410. The number of thiazole rings is 1. The van der Waals surface area contributed by atoms with Crippen molar-refractivity contribution in [2.45, 2.75) is 26.3 Å². The fourth-order valence-electron chi connectivity index (χ4n) is 1.50. The van der Waals surface area contributed by atoms with Crippen molar-refractivity contribution in [2.75, 3.05) is 6.54 Å². The molecule has 0 saturated heterocycles. The van der Waals surface area contributed by atoms with Crippen LogP contribution in [0.4, 0.5) is 0 Å². The Kier molecular flexibility index (Phi) is 1.69. The Labute approximate surface area is 70.7 Å². The summed E-state index contributed by atoms with van der Waals surface area (Å²) in [5.74, 6) is 0.657. The van der Waals surface area contributed by atoms with Crippen LogP contribution in [0.2, 0.25) is 0 Å². The second-order valence-corrected chi connectivity index (χ2v) is 4.31. The second-order valence-electron chi connectivity index (χ2n) is 3.08. The first kappa shape index (κ1) is 7.25. The summed E-state index contributed by atoms with van der Waals surface area (Å²) in [5, 5.41) is 4.55. The number of aromatic nitrogens is 1. The maximum absolute atomic E-state index is 4.46. The molecule has 2 rings (SSSR count). The third-order valence-corrected chi connectivity index (χ3v) is 3.27. The highest BCUT2D eigenvalue weighted by atomic mass is 32.1. The lowest BCUT2D eigenvalue weighted by Gasteiger charge is -2.17. The fraction of sp³-hybridized carbons (Fsp3) is 0.625. The van der Waals surface area contributed by atoms with Gasteiger partial charge in [-0.1, -0.05) is 6.92 Å². The van der Waals surface area contributed by atoms with Gasteiger partial charge in [0, 0.05) is 23.9 Å². The van der Waals surface area contributed by atoms with Gasteiger partial charge in [0.1, 0.15) is 0 Å². The number of hydrogen-bond acceptors (Lipinski definition) is 3. The molecule has 0 bridgehead atoms. The Balaban J connectivity index is 2.43. The minimum absolute atomic E-state index is 0.657. The van der Waals surface area contributed by atoms with Gasteiger partial charge in [-0.05, 0) is 6.92 Å². The predicted octanol–water partition coefficient (Wildman–Crippen LogP) is 1.66. The first-order valence-electron chi connectivity index (χ1n) is 3.94. The van der Waals surface area contributed by atoms with E-state index < -0.39 is 0 Å². The lowest BCUT2D eigenvalue weighted by molar-refractivity contribution is 0.570. The average Bonchev–Trinajstić information content (AvgIpc) is 2.31. The van der Waals surface area contributed by atoms with Gasteiger partial charge in [-0.25, -0.2) is 4.98 Å². The molecular weight excluding hydrogens is 156 g/mol. The van der Waals surface area contributed by atoms with Crippen LogP contribution in [-0.2, 0) is 6.54 Å². The van der Waals surface area contributed by atoms with E-state index in [9.17, 15) is 0 Å². The molecule has 2 heterocycles. The molecule has 11 heavy (non-hydrogen) atoms. The summed E-state index contributed by atoms with van der Waals surface area (Å²) in [4.78, 5) is 5.94. The molecule has 0 radical (unpaired) electrons. The summed E-state index contributed by atoms with van der Waals surface area (Å²) in [6.45, 7) is 6.40.